The fourth-order valence-electron chi connectivity index (χ4n) is 4.93. The van der Waals surface area contributed by atoms with Gasteiger partial charge in [-0.05, 0) is 128 Å². The van der Waals surface area contributed by atoms with Crippen LogP contribution in [-0.4, -0.2) is 18.1 Å². The molecule has 0 aromatic heterocycles. The first kappa shape index (κ1) is 35.4. The van der Waals surface area contributed by atoms with Crippen molar-refractivity contribution >= 4 is 55.5 Å². The van der Waals surface area contributed by atoms with Crippen molar-refractivity contribution in [2.75, 3.05) is 0 Å². The number of benzene rings is 2. The molecule has 0 bridgehead atoms. The van der Waals surface area contributed by atoms with E-state index in [1.165, 1.54) is 33.4 Å². The third kappa shape index (κ3) is 11.1. The van der Waals surface area contributed by atoms with Gasteiger partial charge in [-0.3, -0.25) is 0 Å². The zero-order valence-electron chi connectivity index (χ0n) is 26.5. The van der Waals surface area contributed by atoms with E-state index in [2.05, 4.69) is 161 Å². The maximum atomic E-state index is 6.76. The molecular formula is C34H50Br2O2Si2. The van der Waals surface area contributed by atoms with Crippen LogP contribution in [0.15, 0.2) is 58.0 Å². The number of rotatable bonds is 12. The molecule has 0 N–H and O–H groups in total. The molecule has 0 saturated heterocycles. The van der Waals surface area contributed by atoms with Crippen LogP contribution >= 0.6 is 31.9 Å². The Hall–Kier alpha value is -0.766. The van der Waals surface area contributed by atoms with Crippen LogP contribution < -0.4 is 0 Å². The Bertz CT molecular complexity index is 1150. The van der Waals surface area contributed by atoms with Crippen molar-refractivity contribution in [3.05, 3.63) is 85.8 Å². The van der Waals surface area contributed by atoms with Crippen LogP contribution in [0.25, 0.3) is 5.57 Å². The smallest absolute Gasteiger partial charge is 0.205 e. The van der Waals surface area contributed by atoms with Gasteiger partial charge in [-0.25, -0.2) is 0 Å². The van der Waals surface area contributed by atoms with Gasteiger partial charge in [-0.15, -0.1) is 0 Å². The van der Waals surface area contributed by atoms with Gasteiger partial charge in [0.05, 0.1) is 15.6 Å². The van der Waals surface area contributed by atoms with Crippen molar-refractivity contribution in [1.82, 2.24) is 0 Å². The number of allylic oxidation sites excluding steroid dienone is 3. The molecular weight excluding hydrogens is 656 g/mol. The molecule has 220 valence electrons. The van der Waals surface area contributed by atoms with E-state index in [0.29, 0.717) is 0 Å². The largest absolute Gasteiger partial charge is 0.410 e. The summed E-state index contributed by atoms with van der Waals surface area (Å²) in [5.74, 6) is 0. The van der Waals surface area contributed by atoms with E-state index in [1.807, 2.05) is 0 Å². The molecule has 6 heteroatoms. The topological polar surface area (TPSA) is 18.5 Å². The molecule has 0 aliphatic carbocycles. The Morgan fingerprint density at radius 2 is 1.27 bits per heavy atom. The van der Waals surface area contributed by atoms with E-state index in [4.69, 9.17) is 8.85 Å². The summed E-state index contributed by atoms with van der Waals surface area (Å²) in [6.45, 7) is 24.9. The van der Waals surface area contributed by atoms with Crippen LogP contribution in [0.2, 0.25) is 26.2 Å². The monoisotopic (exact) mass is 704 g/mol. The maximum Gasteiger partial charge on any atom is 0.205 e. The maximum absolute atomic E-state index is 6.76. The normalized spacial score (nSPS) is 14.5. The summed E-state index contributed by atoms with van der Waals surface area (Å²) >= 11 is 6.93. The summed E-state index contributed by atoms with van der Waals surface area (Å²) in [6, 6.07) is 16.1. The van der Waals surface area contributed by atoms with Crippen LogP contribution in [0, 0.1) is 10.8 Å². The third-order valence-electron chi connectivity index (χ3n) is 6.79. The molecule has 2 nitrogen and oxygen atoms in total. The minimum absolute atomic E-state index is 0.0165. The highest BCUT2D eigenvalue weighted by Crippen LogP contribution is 2.45. The van der Waals surface area contributed by atoms with Gasteiger partial charge in [0.25, 0.3) is 0 Å². The van der Waals surface area contributed by atoms with Crippen molar-refractivity contribution in [1.29, 1.82) is 0 Å². The highest BCUT2D eigenvalue weighted by atomic mass is 79.9. The predicted molar refractivity (Wildman–Crippen MR) is 186 cm³/mol. The first-order chi connectivity index (χ1) is 18.5. The van der Waals surface area contributed by atoms with Gasteiger partial charge in [0.2, 0.25) is 18.1 Å². The van der Waals surface area contributed by atoms with Crippen LogP contribution in [0.4, 0.5) is 0 Å². The number of hydrogen-bond donors (Lipinski definition) is 0. The number of halogens is 2. The molecule has 2 atom stereocenters. The molecule has 2 radical (unpaired) electrons. The molecule has 2 unspecified atom stereocenters. The van der Waals surface area contributed by atoms with Gasteiger partial charge >= 0.3 is 0 Å². The van der Waals surface area contributed by atoms with E-state index < -0.39 is 18.1 Å². The van der Waals surface area contributed by atoms with Gasteiger partial charge < -0.3 is 8.85 Å². The summed E-state index contributed by atoms with van der Waals surface area (Å²) in [6.07, 6.45) is 7.25. The lowest BCUT2D eigenvalue weighted by Gasteiger charge is -2.39. The van der Waals surface area contributed by atoms with Gasteiger partial charge in [-0.1, -0.05) is 97.0 Å². The van der Waals surface area contributed by atoms with Crippen molar-refractivity contribution in [3.8, 4) is 0 Å². The molecule has 0 amide bonds. The van der Waals surface area contributed by atoms with E-state index in [9.17, 15) is 0 Å². The fourth-order valence-corrected chi connectivity index (χ4v) is 7.10. The third-order valence-corrected chi connectivity index (χ3v) is 8.73. The average molecular weight is 707 g/mol. The SMILES string of the molecule is CCC(=CC=C(Br)Br)c1cccc(CCc2ccc(C(O[Si](C)C)C(C)(C)C)c(C(O[Si](C)C)C(C)(C)C)c2)c1. The number of aryl methyl sites for hydroxylation is 2. The van der Waals surface area contributed by atoms with Gasteiger partial charge in [-0.2, -0.15) is 0 Å². The zero-order valence-corrected chi connectivity index (χ0v) is 31.7. The Labute approximate surface area is 265 Å². The number of hydrogen-bond acceptors (Lipinski definition) is 2. The molecule has 0 spiro atoms. The molecule has 0 heterocycles. The summed E-state index contributed by atoms with van der Waals surface area (Å²) < 4.78 is 14.4. The molecule has 0 saturated carbocycles. The van der Waals surface area contributed by atoms with Crippen molar-refractivity contribution in [2.24, 2.45) is 10.8 Å². The predicted octanol–water partition coefficient (Wildman–Crippen LogP) is 11.6. The Balaban J connectivity index is 2.52. The van der Waals surface area contributed by atoms with Gasteiger partial charge in [0.1, 0.15) is 0 Å². The zero-order chi connectivity index (χ0) is 30.3. The standard InChI is InChI=1S/C34H50Br2O2Si2/c1-12-26(19-21-30(35)36)27-15-13-14-24(22-27)16-17-25-18-20-28(31(33(2,3)4)37-39(8)9)29(23-25)32(34(5,6)7)38-40(10)11/h13-15,18-23,31-32H,12,16-17H2,1-11H3. The van der Waals surface area contributed by atoms with E-state index in [1.54, 1.807) is 0 Å². The Morgan fingerprint density at radius 3 is 1.75 bits per heavy atom. The Morgan fingerprint density at radius 1 is 0.750 bits per heavy atom. The molecule has 0 aliphatic rings. The minimum Gasteiger partial charge on any atom is -0.410 e. The van der Waals surface area contributed by atoms with Crippen molar-refractivity contribution in [2.45, 2.75) is 106 Å². The molecule has 0 aliphatic heterocycles. The second kappa shape index (κ2) is 15.6. The first-order valence-corrected chi connectivity index (χ1v) is 20.8. The van der Waals surface area contributed by atoms with Crippen molar-refractivity contribution < 1.29 is 8.85 Å². The molecule has 2 aromatic carbocycles. The molecule has 2 rings (SSSR count). The molecule has 0 fully saturated rings. The minimum atomic E-state index is -0.905. The summed E-state index contributed by atoms with van der Waals surface area (Å²) in [5, 5.41) is 0. The molecule has 40 heavy (non-hydrogen) atoms. The van der Waals surface area contributed by atoms with Crippen molar-refractivity contribution in [3.63, 3.8) is 0 Å². The van der Waals surface area contributed by atoms with E-state index in [-0.39, 0.29) is 23.0 Å². The van der Waals surface area contributed by atoms with Crippen LogP contribution in [0.5, 0.6) is 0 Å². The van der Waals surface area contributed by atoms with Crippen LogP contribution in [0.3, 0.4) is 0 Å². The highest BCUT2D eigenvalue weighted by Gasteiger charge is 2.36. The molecule has 2 aromatic rings. The van der Waals surface area contributed by atoms with E-state index >= 15 is 0 Å². The quantitative estimate of drug-likeness (QED) is 0.162. The van der Waals surface area contributed by atoms with Crippen LogP contribution in [-0.2, 0) is 21.7 Å². The highest BCUT2D eigenvalue weighted by molar-refractivity contribution is 9.28. The Kier molecular flexibility index (Phi) is 13.8. The fraction of sp³-hybridized carbons (Fsp3) is 0.529. The first-order valence-electron chi connectivity index (χ1n) is 14.4. The van der Waals surface area contributed by atoms with Crippen LogP contribution in [0.1, 0.15) is 94.9 Å². The van der Waals surface area contributed by atoms with Gasteiger partial charge in [0, 0.05) is 0 Å². The lowest BCUT2D eigenvalue weighted by atomic mass is 9.77. The average Bonchev–Trinajstić information content (AvgIpc) is 2.83. The second-order valence-corrected chi connectivity index (χ2v) is 20.1. The lowest BCUT2D eigenvalue weighted by molar-refractivity contribution is 0.0655. The second-order valence-electron chi connectivity index (χ2n) is 13.2. The lowest BCUT2D eigenvalue weighted by Crippen LogP contribution is -2.31. The summed E-state index contributed by atoms with van der Waals surface area (Å²) in [4.78, 5) is 0. The summed E-state index contributed by atoms with van der Waals surface area (Å²) in [7, 11) is -1.79. The van der Waals surface area contributed by atoms with Gasteiger partial charge in [0.15, 0.2) is 0 Å². The summed E-state index contributed by atoms with van der Waals surface area (Å²) in [5.41, 5.74) is 7.88. The van der Waals surface area contributed by atoms with E-state index in [0.717, 1.165) is 22.7 Å².